The predicted octanol–water partition coefficient (Wildman–Crippen LogP) is 1.95. The van der Waals surface area contributed by atoms with Crippen LogP contribution in [0.15, 0.2) is 12.1 Å². The van der Waals surface area contributed by atoms with E-state index in [1.165, 1.54) is 0 Å². The van der Waals surface area contributed by atoms with Crippen LogP contribution in [0.4, 0.5) is 5.82 Å². The highest BCUT2D eigenvalue weighted by atomic mass is 15.1. The molecule has 2 N–H and O–H groups in total. The molecular weight excluding hydrogens is 238 g/mol. The fourth-order valence-electron chi connectivity index (χ4n) is 1.86. The Morgan fingerprint density at radius 1 is 1.21 bits per heavy atom. The monoisotopic (exact) mass is 261 g/mol. The zero-order valence-electron chi connectivity index (χ0n) is 12.4. The van der Waals surface area contributed by atoms with Crippen LogP contribution in [0.2, 0.25) is 0 Å². The molecule has 19 heavy (non-hydrogen) atoms. The van der Waals surface area contributed by atoms with Crippen LogP contribution in [-0.2, 0) is 6.42 Å². The molecule has 0 saturated heterocycles. The van der Waals surface area contributed by atoms with E-state index in [-0.39, 0.29) is 5.54 Å². The van der Waals surface area contributed by atoms with Crippen molar-refractivity contribution < 1.29 is 0 Å². The summed E-state index contributed by atoms with van der Waals surface area (Å²) in [6.07, 6.45) is 0.880. The number of imidazole rings is 1. The predicted molar refractivity (Wildman–Crippen MR) is 79.7 cm³/mol. The van der Waals surface area contributed by atoms with Crippen LogP contribution >= 0.6 is 0 Å². The summed E-state index contributed by atoms with van der Waals surface area (Å²) in [6, 6.07) is 4.03. The number of nitrogens with zero attached hydrogens (tertiary/aromatic N) is 3. The molecule has 0 aliphatic carbocycles. The van der Waals surface area contributed by atoms with E-state index in [9.17, 15) is 0 Å². The normalized spacial score (nSPS) is 12.1. The molecule has 0 amide bonds. The van der Waals surface area contributed by atoms with E-state index in [2.05, 4.69) is 41.0 Å². The third-order valence-electron chi connectivity index (χ3n) is 2.86. The number of pyridine rings is 1. The number of rotatable bonds is 4. The van der Waals surface area contributed by atoms with Crippen LogP contribution < -0.4 is 10.2 Å². The second kappa shape index (κ2) is 5.17. The second-order valence-electron chi connectivity index (χ2n) is 6.05. The summed E-state index contributed by atoms with van der Waals surface area (Å²) < 4.78 is 0. The van der Waals surface area contributed by atoms with E-state index < -0.39 is 0 Å². The lowest BCUT2D eigenvalue weighted by Gasteiger charge is -2.19. The number of aromatic nitrogens is 3. The van der Waals surface area contributed by atoms with Crippen LogP contribution in [0.25, 0.3) is 11.2 Å². The van der Waals surface area contributed by atoms with Crippen molar-refractivity contribution in [2.75, 3.05) is 25.5 Å². The van der Waals surface area contributed by atoms with E-state index in [1.54, 1.807) is 0 Å². The van der Waals surface area contributed by atoms with E-state index in [1.807, 2.05) is 31.1 Å². The minimum Gasteiger partial charge on any atom is -0.363 e. The molecule has 0 bridgehead atoms. The van der Waals surface area contributed by atoms with Crippen molar-refractivity contribution in [2.24, 2.45) is 0 Å². The van der Waals surface area contributed by atoms with Crippen LogP contribution in [0.3, 0.4) is 0 Å². The van der Waals surface area contributed by atoms with Crippen molar-refractivity contribution in [1.29, 1.82) is 0 Å². The standard InChI is InChI=1S/C14H23N5/c1-14(2,3)15-9-8-11-16-10-6-7-12(19(4)5)18-13(10)17-11/h6-7,15H,8-9H2,1-5H3,(H,16,17,18). The summed E-state index contributed by atoms with van der Waals surface area (Å²) in [5.74, 6) is 1.91. The molecule has 0 atom stereocenters. The topological polar surface area (TPSA) is 56.8 Å². The third-order valence-corrected chi connectivity index (χ3v) is 2.86. The van der Waals surface area contributed by atoms with E-state index in [4.69, 9.17) is 0 Å². The Morgan fingerprint density at radius 3 is 2.58 bits per heavy atom. The molecule has 0 unspecified atom stereocenters. The average Bonchev–Trinajstić information content (AvgIpc) is 2.68. The number of nitrogens with one attached hydrogen (secondary N) is 2. The summed E-state index contributed by atoms with van der Waals surface area (Å²) in [4.78, 5) is 14.4. The van der Waals surface area contributed by atoms with Crippen molar-refractivity contribution in [3.63, 3.8) is 0 Å². The molecule has 0 aliphatic heterocycles. The summed E-state index contributed by atoms with van der Waals surface area (Å²) in [6.45, 7) is 7.40. The summed E-state index contributed by atoms with van der Waals surface area (Å²) in [5, 5.41) is 3.46. The molecule has 2 aromatic rings. The Hall–Kier alpha value is -1.62. The van der Waals surface area contributed by atoms with Gasteiger partial charge in [-0.05, 0) is 32.9 Å². The van der Waals surface area contributed by atoms with E-state index in [0.717, 1.165) is 35.8 Å². The average molecular weight is 261 g/mol. The fraction of sp³-hybridized carbons (Fsp3) is 0.571. The van der Waals surface area contributed by atoms with Gasteiger partial charge in [-0.25, -0.2) is 9.97 Å². The van der Waals surface area contributed by atoms with Gasteiger partial charge in [-0.3, -0.25) is 0 Å². The fourth-order valence-corrected chi connectivity index (χ4v) is 1.86. The summed E-state index contributed by atoms with van der Waals surface area (Å²) in [5.41, 5.74) is 1.93. The molecule has 0 aromatic carbocycles. The minimum absolute atomic E-state index is 0.141. The number of hydrogen-bond acceptors (Lipinski definition) is 4. The smallest absolute Gasteiger partial charge is 0.179 e. The molecule has 104 valence electrons. The Balaban J connectivity index is 2.09. The van der Waals surface area contributed by atoms with Gasteiger partial charge in [0.15, 0.2) is 5.65 Å². The van der Waals surface area contributed by atoms with Gasteiger partial charge in [-0.1, -0.05) is 0 Å². The van der Waals surface area contributed by atoms with E-state index in [0.29, 0.717) is 0 Å². The van der Waals surface area contributed by atoms with Gasteiger partial charge >= 0.3 is 0 Å². The Bertz CT molecular complexity index is 550. The zero-order valence-corrected chi connectivity index (χ0v) is 12.4. The molecule has 0 fully saturated rings. The molecular formula is C14H23N5. The third kappa shape index (κ3) is 3.67. The van der Waals surface area contributed by atoms with Gasteiger partial charge in [0.05, 0.1) is 5.52 Å². The van der Waals surface area contributed by atoms with Gasteiger partial charge in [0.2, 0.25) is 0 Å². The number of hydrogen-bond donors (Lipinski definition) is 2. The van der Waals surface area contributed by atoms with Crippen LogP contribution in [0, 0.1) is 0 Å². The highest BCUT2D eigenvalue weighted by Crippen LogP contribution is 2.14. The zero-order chi connectivity index (χ0) is 14.0. The number of anilines is 1. The van der Waals surface area contributed by atoms with Crippen molar-refractivity contribution in [3.05, 3.63) is 18.0 Å². The molecule has 2 heterocycles. The van der Waals surface area contributed by atoms with Gasteiger partial charge in [-0.2, -0.15) is 0 Å². The van der Waals surface area contributed by atoms with Crippen molar-refractivity contribution in [2.45, 2.75) is 32.7 Å². The molecule has 5 heteroatoms. The lowest BCUT2D eigenvalue weighted by atomic mass is 10.1. The first-order chi connectivity index (χ1) is 8.85. The minimum atomic E-state index is 0.141. The SMILES string of the molecule is CN(C)c1ccc2[nH]c(CCNC(C)(C)C)nc2n1. The van der Waals surface area contributed by atoms with Crippen molar-refractivity contribution in [1.82, 2.24) is 20.3 Å². The van der Waals surface area contributed by atoms with Gasteiger partial charge in [0.25, 0.3) is 0 Å². The maximum absolute atomic E-state index is 4.54. The molecule has 0 aliphatic rings. The van der Waals surface area contributed by atoms with Gasteiger partial charge in [0, 0.05) is 32.6 Å². The lowest BCUT2D eigenvalue weighted by molar-refractivity contribution is 0.428. The molecule has 2 aromatic heterocycles. The van der Waals surface area contributed by atoms with Crippen molar-refractivity contribution >= 4 is 17.0 Å². The second-order valence-corrected chi connectivity index (χ2v) is 6.05. The first-order valence-electron chi connectivity index (χ1n) is 6.63. The number of fused-ring (bicyclic) bond motifs is 1. The molecule has 0 spiro atoms. The van der Waals surface area contributed by atoms with Gasteiger partial charge in [0.1, 0.15) is 11.6 Å². The number of aromatic amines is 1. The van der Waals surface area contributed by atoms with Crippen LogP contribution in [-0.4, -0.2) is 41.1 Å². The quantitative estimate of drug-likeness (QED) is 0.883. The summed E-state index contributed by atoms with van der Waals surface area (Å²) >= 11 is 0. The van der Waals surface area contributed by atoms with E-state index >= 15 is 0 Å². The molecule has 0 radical (unpaired) electrons. The molecule has 2 rings (SSSR count). The maximum atomic E-state index is 4.54. The number of H-pyrrole nitrogens is 1. The largest absolute Gasteiger partial charge is 0.363 e. The van der Waals surface area contributed by atoms with Gasteiger partial charge < -0.3 is 15.2 Å². The Kier molecular flexibility index (Phi) is 3.75. The van der Waals surface area contributed by atoms with Crippen LogP contribution in [0.1, 0.15) is 26.6 Å². The Labute approximate surface area is 114 Å². The molecule has 0 saturated carbocycles. The van der Waals surface area contributed by atoms with Crippen LogP contribution in [0.5, 0.6) is 0 Å². The first-order valence-corrected chi connectivity index (χ1v) is 6.63. The van der Waals surface area contributed by atoms with Gasteiger partial charge in [-0.15, -0.1) is 0 Å². The van der Waals surface area contributed by atoms with Crippen molar-refractivity contribution in [3.8, 4) is 0 Å². The Morgan fingerprint density at radius 2 is 1.95 bits per heavy atom. The highest BCUT2D eigenvalue weighted by Gasteiger charge is 2.10. The molecule has 5 nitrogen and oxygen atoms in total. The highest BCUT2D eigenvalue weighted by molar-refractivity contribution is 5.73. The summed E-state index contributed by atoms with van der Waals surface area (Å²) in [7, 11) is 3.96. The lowest BCUT2D eigenvalue weighted by Crippen LogP contribution is -2.37. The first kappa shape index (κ1) is 13.8. The maximum Gasteiger partial charge on any atom is 0.179 e.